The molecular weight excluding hydrogens is 259 g/mol. The molecule has 0 radical (unpaired) electrons. The SMILES string of the molecule is CC(=O)OC[C@H]1O[C@@H](n2ccc(=O)[nH]c2=O)CC1F. The van der Waals surface area contributed by atoms with Gasteiger partial charge in [0, 0.05) is 25.6 Å². The van der Waals surface area contributed by atoms with E-state index in [1.54, 1.807) is 0 Å². The van der Waals surface area contributed by atoms with Crippen LogP contribution in [0, 0.1) is 0 Å². The maximum absolute atomic E-state index is 13.7. The number of ether oxygens (including phenoxy) is 2. The highest BCUT2D eigenvalue weighted by molar-refractivity contribution is 5.65. The molecule has 1 aromatic rings. The average molecular weight is 272 g/mol. The molecule has 0 saturated carbocycles. The number of hydrogen-bond acceptors (Lipinski definition) is 5. The predicted octanol–water partition coefficient (Wildman–Crippen LogP) is -0.275. The number of esters is 1. The molecule has 1 fully saturated rings. The molecule has 7 nitrogen and oxygen atoms in total. The Hall–Kier alpha value is -1.96. The lowest BCUT2D eigenvalue weighted by Crippen LogP contribution is -2.31. The Balaban J connectivity index is 2.09. The number of aromatic nitrogens is 2. The van der Waals surface area contributed by atoms with Gasteiger partial charge in [-0.3, -0.25) is 19.1 Å². The van der Waals surface area contributed by atoms with Crippen molar-refractivity contribution in [3.63, 3.8) is 0 Å². The third-order valence-corrected chi connectivity index (χ3v) is 2.77. The van der Waals surface area contributed by atoms with Crippen LogP contribution in [0.4, 0.5) is 4.39 Å². The molecule has 0 aliphatic carbocycles. The van der Waals surface area contributed by atoms with E-state index in [0.29, 0.717) is 0 Å². The lowest BCUT2D eigenvalue weighted by atomic mass is 10.2. The topological polar surface area (TPSA) is 90.4 Å². The van der Waals surface area contributed by atoms with Gasteiger partial charge in [0.05, 0.1) is 0 Å². The maximum atomic E-state index is 13.7. The van der Waals surface area contributed by atoms with Crippen LogP contribution in [0.25, 0.3) is 0 Å². The van der Waals surface area contributed by atoms with Crippen molar-refractivity contribution >= 4 is 5.97 Å². The van der Waals surface area contributed by atoms with E-state index in [-0.39, 0.29) is 13.0 Å². The van der Waals surface area contributed by atoms with Crippen molar-refractivity contribution in [3.8, 4) is 0 Å². The van der Waals surface area contributed by atoms with Crippen LogP contribution in [0.2, 0.25) is 0 Å². The van der Waals surface area contributed by atoms with Gasteiger partial charge in [0.2, 0.25) is 0 Å². The molecule has 2 rings (SSSR count). The summed E-state index contributed by atoms with van der Waals surface area (Å²) in [5.74, 6) is -0.527. The second kappa shape index (κ2) is 5.35. The number of nitrogens with zero attached hydrogens (tertiary/aromatic N) is 1. The summed E-state index contributed by atoms with van der Waals surface area (Å²) < 4.78 is 24.8. The van der Waals surface area contributed by atoms with Crippen LogP contribution in [0.3, 0.4) is 0 Å². The van der Waals surface area contributed by atoms with Gasteiger partial charge in [-0.15, -0.1) is 0 Å². The van der Waals surface area contributed by atoms with E-state index < -0.39 is 35.7 Å². The molecule has 0 aromatic carbocycles. The Bertz CT molecular complexity index is 581. The van der Waals surface area contributed by atoms with E-state index in [4.69, 9.17) is 4.74 Å². The number of carbonyl (C=O) groups is 1. The van der Waals surface area contributed by atoms with E-state index in [9.17, 15) is 18.8 Å². The fourth-order valence-electron chi connectivity index (χ4n) is 1.86. The standard InChI is InChI=1S/C11H13FN2O5/c1-6(15)18-5-8-7(12)4-10(19-8)14-3-2-9(16)13-11(14)17/h2-3,7-8,10H,4-5H2,1H3,(H,13,16,17)/t7?,8-,10-/m1/s1. The third-order valence-electron chi connectivity index (χ3n) is 2.77. The molecule has 0 amide bonds. The van der Waals surface area contributed by atoms with Gasteiger partial charge in [-0.05, 0) is 0 Å². The lowest BCUT2D eigenvalue weighted by Gasteiger charge is -2.15. The molecule has 1 saturated heterocycles. The first-order chi connectivity index (χ1) is 8.97. The molecule has 104 valence electrons. The zero-order chi connectivity index (χ0) is 14.0. The minimum absolute atomic E-state index is 0.0438. The summed E-state index contributed by atoms with van der Waals surface area (Å²) in [5, 5.41) is 0. The molecule has 19 heavy (non-hydrogen) atoms. The predicted molar refractivity (Wildman–Crippen MR) is 61.4 cm³/mol. The van der Waals surface area contributed by atoms with E-state index in [2.05, 4.69) is 9.72 Å². The number of alkyl halides is 1. The van der Waals surface area contributed by atoms with Gasteiger partial charge < -0.3 is 9.47 Å². The van der Waals surface area contributed by atoms with Gasteiger partial charge in [0.25, 0.3) is 5.56 Å². The molecule has 0 spiro atoms. The van der Waals surface area contributed by atoms with E-state index in [1.165, 1.54) is 13.1 Å². The third kappa shape index (κ3) is 3.08. The van der Waals surface area contributed by atoms with Crippen LogP contribution >= 0.6 is 0 Å². The second-order valence-electron chi connectivity index (χ2n) is 4.20. The average Bonchev–Trinajstić information content (AvgIpc) is 2.67. The zero-order valence-corrected chi connectivity index (χ0v) is 10.2. The highest BCUT2D eigenvalue weighted by atomic mass is 19.1. The number of nitrogens with one attached hydrogen (secondary N) is 1. The molecule has 1 aliphatic rings. The van der Waals surface area contributed by atoms with Crippen LogP contribution in [-0.2, 0) is 14.3 Å². The first-order valence-corrected chi connectivity index (χ1v) is 5.71. The van der Waals surface area contributed by atoms with Crippen LogP contribution in [0.1, 0.15) is 19.6 Å². The summed E-state index contributed by atoms with van der Waals surface area (Å²) in [5.41, 5.74) is -1.20. The largest absolute Gasteiger partial charge is 0.463 e. The van der Waals surface area contributed by atoms with E-state index >= 15 is 0 Å². The fourth-order valence-corrected chi connectivity index (χ4v) is 1.86. The normalized spacial score (nSPS) is 26.3. The summed E-state index contributed by atoms with van der Waals surface area (Å²) in [6, 6.07) is 1.15. The molecule has 8 heteroatoms. The number of hydrogen-bond donors (Lipinski definition) is 1. The van der Waals surface area contributed by atoms with Gasteiger partial charge >= 0.3 is 11.7 Å². The summed E-state index contributed by atoms with van der Waals surface area (Å²) in [6.07, 6.45) is -1.87. The van der Waals surface area contributed by atoms with Gasteiger partial charge in [-0.1, -0.05) is 0 Å². The number of carbonyl (C=O) groups excluding carboxylic acids is 1. The van der Waals surface area contributed by atoms with Crippen LogP contribution in [0.5, 0.6) is 0 Å². The van der Waals surface area contributed by atoms with Crippen LogP contribution in [0.15, 0.2) is 21.9 Å². The highest BCUT2D eigenvalue weighted by Crippen LogP contribution is 2.29. The van der Waals surface area contributed by atoms with Gasteiger partial charge in [0.1, 0.15) is 25.1 Å². The van der Waals surface area contributed by atoms with E-state index in [1.807, 2.05) is 0 Å². The minimum Gasteiger partial charge on any atom is -0.463 e. The Morgan fingerprint density at radius 3 is 3.00 bits per heavy atom. The van der Waals surface area contributed by atoms with Crippen molar-refractivity contribution in [3.05, 3.63) is 33.1 Å². The van der Waals surface area contributed by atoms with Crippen LogP contribution in [-0.4, -0.2) is 34.4 Å². The Kier molecular flexibility index (Phi) is 3.79. The number of H-pyrrole nitrogens is 1. The number of aromatic amines is 1. The smallest absolute Gasteiger partial charge is 0.330 e. The Morgan fingerprint density at radius 2 is 2.37 bits per heavy atom. The fraction of sp³-hybridized carbons (Fsp3) is 0.545. The van der Waals surface area contributed by atoms with Crippen molar-refractivity contribution in [2.24, 2.45) is 0 Å². The van der Waals surface area contributed by atoms with Crippen molar-refractivity contribution in [2.75, 3.05) is 6.61 Å². The summed E-state index contributed by atoms with van der Waals surface area (Å²) >= 11 is 0. The molecule has 1 unspecified atom stereocenters. The molecule has 2 heterocycles. The molecule has 1 aromatic heterocycles. The highest BCUT2D eigenvalue weighted by Gasteiger charge is 2.37. The van der Waals surface area contributed by atoms with Gasteiger partial charge in [-0.25, -0.2) is 9.18 Å². The quantitative estimate of drug-likeness (QED) is 0.765. The summed E-state index contributed by atoms with van der Waals surface area (Å²) in [4.78, 5) is 35.2. The Labute approximate surface area is 107 Å². The second-order valence-corrected chi connectivity index (χ2v) is 4.20. The van der Waals surface area contributed by atoms with Crippen LogP contribution < -0.4 is 11.2 Å². The summed E-state index contributed by atoms with van der Waals surface area (Å²) in [7, 11) is 0. The maximum Gasteiger partial charge on any atom is 0.330 e. The van der Waals surface area contributed by atoms with Gasteiger partial charge in [-0.2, -0.15) is 0 Å². The molecule has 1 N–H and O–H groups in total. The monoisotopic (exact) mass is 272 g/mol. The molecule has 0 bridgehead atoms. The van der Waals surface area contributed by atoms with Crippen molar-refractivity contribution < 1.29 is 18.7 Å². The Morgan fingerprint density at radius 1 is 1.63 bits per heavy atom. The van der Waals surface area contributed by atoms with Crippen molar-refractivity contribution in [1.82, 2.24) is 9.55 Å². The molecule has 3 atom stereocenters. The summed E-state index contributed by atoms with van der Waals surface area (Å²) in [6.45, 7) is 1.01. The first kappa shape index (κ1) is 13.5. The molecule has 1 aliphatic heterocycles. The van der Waals surface area contributed by atoms with Crippen molar-refractivity contribution in [2.45, 2.75) is 31.8 Å². The number of rotatable bonds is 3. The number of halogens is 1. The van der Waals surface area contributed by atoms with Crippen molar-refractivity contribution in [1.29, 1.82) is 0 Å². The van der Waals surface area contributed by atoms with E-state index in [0.717, 1.165) is 10.6 Å². The first-order valence-electron chi connectivity index (χ1n) is 5.71. The molecular formula is C11H13FN2O5. The zero-order valence-electron chi connectivity index (χ0n) is 10.2. The minimum atomic E-state index is -1.34. The lowest BCUT2D eigenvalue weighted by molar-refractivity contribution is -0.146. The van der Waals surface area contributed by atoms with Gasteiger partial charge in [0.15, 0.2) is 0 Å².